The van der Waals surface area contributed by atoms with Crippen molar-refractivity contribution in [2.75, 3.05) is 0 Å². The van der Waals surface area contributed by atoms with Crippen LogP contribution >= 0.6 is 0 Å². The lowest BCUT2D eigenvalue weighted by Crippen LogP contribution is -2.14. The fraction of sp³-hybridized carbons (Fsp3) is 0.455. The minimum absolute atomic E-state index is 0.0814. The summed E-state index contributed by atoms with van der Waals surface area (Å²) in [5.41, 5.74) is 3.95. The highest BCUT2D eigenvalue weighted by Gasteiger charge is 2.29. The van der Waals surface area contributed by atoms with Crippen molar-refractivity contribution in [2.24, 2.45) is 5.92 Å². The molecule has 0 aliphatic heterocycles. The summed E-state index contributed by atoms with van der Waals surface area (Å²) in [7, 11) is 0. The molecule has 1 saturated carbocycles. The Morgan fingerprint density at radius 1 is 0.917 bits per heavy atom. The number of hydrogen-bond donors (Lipinski definition) is 0. The fourth-order valence-corrected chi connectivity index (χ4v) is 4.72. The van der Waals surface area contributed by atoms with Crippen LogP contribution in [0.1, 0.15) is 68.1 Å². The maximum absolute atomic E-state index is 15.2. The Hall–Kier alpha value is -1.70. The molecule has 0 nitrogen and oxygen atoms in total. The van der Waals surface area contributed by atoms with E-state index >= 15 is 4.39 Å². The van der Waals surface area contributed by atoms with Gasteiger partial charge in [-0.05, 0) is 60.3 Å². The Balaban J connectivity index is 1.62. The minimum atomic E-state index is -0.218. The molecule has 0 spiro atoms. The van der Waals surface area contributed by atoms with Gasteiger partial charge in [0.1, 0.15) is 11.6 Å². The van der Waals surface area contributed by atoms with Crippen LogP contribution in [-0.2, 0) is 6.42 Å². The van der Waals surface area contributed by atoms with Gasteiger partial charge in [-0.25, -0.2) is 8.78 Å². The molecular weight excluding hydrogens is 302 g/mol. The molecule has 4 rings (SSSR count). The van der Waals surface area contributed by atoms with Crippen LogP contribution < -0.4 is 0 Å². The zero-order valence-corrected chi connectivity index (χ0v) is 14.2. The van der Waals surface area contributed by atoms with Crippen LogP contribution in [0.3, 0.4) is 0 Å². The Morgan fingerprint density at radius 2 is 1.67 bits per heavy atom. The van der Waals surface area contributed by atoms with Crippen molar-refractivity contribution in [2.45, 2.75) is 57.8 Å². The van der Waals surface area contributed by atoms with Crippen LogP contribution in [0.25, 0.3) is 11.1 Å². The summed E-state index contributed by atoms with van der Waals surface area (Å²) >= 11 is 0. The molecule has 0 N–H and O–H groups in total. The van der Waals surface area contributed by atoms with Crippen molar-refractivity contribution in [3.05, 3.63) is 58.7 Å². The van der Waals surface area contributed by atoms with E-state index in [1.165, 1.54) is 31.7 Å². The van der Waals surface area contributed by atoms with Crippen molar-refractivity contribution in [1.82, 2.24) is 0 Å². The third-order valence-corrected chi connectivity index (χ3v) is 6.02. The first kappa shape index (κ1) is 15.8. The van der Waals surface area contributed by atoms with Crippen LogP contribution in [-0.4, -0.2) is 0 Å². The minimum Gasteiger partial charge on any atom is -0.207 e. The smallest absolute Gasteiger partial charge is 0.130 e. The van der Waals surface area contributed by atoms with E-state index in [-0.39, 0.29) is 11.6 Å². The first-order valence-electron chi connectivity index (χ1n) is 9.28. The van der Waals surface area contributed by atoms with E-state index in [9.17, 15) is 4.39 Å². The standard InChI is InChI=1S/C22H24F2/c1-2-4-14-7-9-15(10-8-14)16-11-12-18-17-5-3-6-21(23)19(17)13-20(18)22(16)24/h3,5-6,11-12,14-15H,2,4,7-10,13H2,1H3/t14-,15-. The lowest BCUT2D eigenvalue weighted by Gasteiger charge is -2.29. The van der Waals surface area contributed by atoms with Gasteiger partial charge in [0.25, 0.3) is 0 Å². The van der Waals surface area contributed by atoms with Gasteiger partial charge in [-0.2, -0.15) is 0 Å². The highest BCUT2D eigenvalue weighted by atomic mass is 19.1. The number of rotatable bonds is 3. The molecule has 2 aromatic carbocycles. The number of benzene rings is 2. The lowest BCUT2D eigenvalue weighted by molar-refractivity contribution is 0.304. The van der Waals surface area contributed by atoms with E-state index in [1.54, 1.807) is 6.07 Å². The Labute approximate surface area is 142 Å². The first-order chi connectivity index (χ1) is 11.7. The second-order valence-electron chi connectivity index (χ2n) is 7.44. The quantitative estimate of drug-likeness (QED) is 0.508. The molecule has 2 aliphatic rings. The third-order valence-electron chi connectivity index (χ3n) is 6.02. The summed E-state index contributed by atoms with van der Waals surface area (Å²) < 4.78 is 29.2. The van der Waals surface area contributed by atoms with Crippen molar-refractivity contribution < 1.29 is 8.78 Å². The summed E-state index contributed by atoms with van der Waals surface area (Å²) in [5, 5.41) is 0. The molecular formula is C22H24F2. The van der Waals surface area contributed by atoms with Gasteiger partial charge in [0, 0.05) is 17.5 Å². The maximum Gasteiger partial charge on any atom is 0.130 e. The molecule has 2 heteroatoms. The molecule has 0 aromatic heterocycles. The second kappa shape index (κ2) is 6.31. The van der Waals surface area contributed by atoms with Gasteiger partial charge in [-0.3, -0.25) is 0 Å². The van der Waals surface area contributed by atoms with E-state index in [0.717, 1.165) is 35.4 Å². The summed E-state index contributed by atoms with van der Waals surface area (Å²) in [6, 6.07) is 9.05. The highest BCUT2D eigenvalue weighted by Crippen LogP contribution is 2.44. The zero-order valence-electron chi connectivity index (χ0n) is 14.2. The Bertz CT molecular complexity index is 755. The molecule has 0 atom stereocenters. The monoisotopic (exact) mass is 326 g/mol. The van der Waals surface area contributed by atoms with Crippen LogP contribution in [0, 0.1) is 17.6 Å². The van der Waals surface area contributed by atoms with Crippen molar-refractivity contribution in [3.63, 3.8) is 0 Å². The predicted molar refractivity (Wildman–Crippen MR) is 94.2 cm³/mol. The summed E-state index contributed by atoms with van der Waals surface area (Å²) in [6.07, 6.45) is 7.53. The van der Waals surface area contributed by atoms with E-state index in [0.29, 0.717) is 23.5 Å². The largest absolute Gasteiger partial charge is 0.207 e. The van der Waals surface area contributed by atoms with Crippen LogP contribution in [0.4, 0.5) is 8.78 Å². The SMILES string of the molecule is CCC[C@H]1CC[C@H](c2ccc3c(c2F)Cc2c(F)cccc2-3)CC1. The molecule has 24 heavy (non-hydrogen) atoms. The molecule has 0 radical (unpaired) electrons. The van der Waals surface area contributed by atoms with Gasteiger partial charge in [0.15, 0.2) is 0 Å². The molecule has 0 unspecified atom stereocenters. The van der Waals surface area contributed by atoms with Crippen LogP contribution in [0.5, 0.6) is 0 Å². The van der Waals surface area contributed by atoms with Gasteiger partial charge < -0.3 is 0 Å². The van der Waals surface area contributed by atoms with Gasteiger partial charge in [-0.15, -0.1) is 0 Å². The summed E-state index contributed by atoms with van der Waals surface area (Å²) in [4.78, 5) is 0. The molecule has 2 aromatic rings. The predicted octanol–water partition coefficient (Wildman–Crippen LogP) is 6.61. The summed E-state index contributed by atoms with van der Waals surface area (Å²) in [6.45, 7) is 2.24. The van der Waals surface area contributed by atoms with Crippen molar-refractivity contribution in [1.29, 1.82) is 0 Å². The van der Waals surface area contributed by atoms with Crippen LogP contribution in [0.15, 0.2) is 30.3 Å². The van der Waals surface area contributed by atoms with E-state index < -0.39 is 0 Å². The Morgan fingerprint density at radius 3 is 2.42 bits per heavy atom. The summed E-state index contributed by atoms with van der Waals surface area (Å²) in [5.74, 6) is 0.853. The molecule has 126 valence electrons. The van der Waals surface area contributed by atoms with E-state index in [4.69, 9.17) is 0 Å². The average Bonchev–Trinajstić information content (AvgIpc) is 2.98. The molecule has 0 bridgehead atoms. The average molecular weight is 326 g/mol. The third kappa shape index (κ3) is 2.56. The molecule has 0 heterocycles. The number of fused-ring (bicyclic) bond motifs is 3. The van der Waals surface area contributed by atoms with Crippen molar-refractivity contribution >= 4 is 0 Å². The Kier molecular flexibility index (Phi) is 4.15. The molecule has 0 amide bonds. The van der Waals surface area contributed by atoms with Gasteiger partial charge >= 0.3 is 0 Å². The van der Waals surface area contributed by atoms with E-state index in [2.05, 4.69) is 6.92 Å². The fourth-order valence-electron chi connectivity index (χ4n) is 4.72. The topological polar surface area (TPSA) is 0 Å². The van der Waals surface area contributed by atoms with E-state index in [1.807, 2.05) is 18.2 Å². The number of halogens is 2. The highest BCUT2D eigenvalue weighted by molar-refractivity contribution is 5.77. The first-order valence-corrected chi connectivity index (χ1v) is 9.28. The number of hydrogen-bond acceptors (Lipinski definition) is 0. The molecule has 1 fully saturated rings. The molecule has 0 saturated heterocycles. The zero-order chi connectivity index (χ0) is 16.7. The van der Waals surface area contributed by atoms with Crippen molar-refractivity contribution in [3.8, 4) is 11.1 Å². The second-order valence-corrected chi connectivity index (χ2v) is 7.44. The van der Waals surface area contributed by atoms with Crippen LogP contribution in [0.2, 0.25) is 0 Å². The maximum atomic E-state index is 15.2. The van der Waals surface area contributed by atoms with Gasteiger partial charge in [0.05, 0.1) is 0 Å². The van der Waals surface area contributed by atoms with Gasteiger partial charge in [-0.1, -0.05) is 44.0 Å². The van der Waals surface area contributed by atoms with Gasteiger partial charge in [0.2, 0.25) is 0 Å². The normalized spacial score (nSPS) is 22.3. The molecule has 2 aliphatic carbocycles. The lowest BCUT2D eigenvalue weighted by atomic mass is 9.76.